The summed E-state index contributed by atoms with van der Waals surface area (Å²) in [6, 6.07) is 15.8. The third-order valence-corrected chi connectivity index (χ3v) is 3.10. The van der Waals surface area contributed by atoms with Crippen molar-refractivity contribution in [1.29, 1.82) is 0 Å². The molecule has 100 valence electrons. The van der Waals surface area contributed by atoms with Gasteiger partial charge in [-0.2, -0.15) is 0 Å². The Kier molecular flexibility index (Phi) is 3.46. The topological polar surface area (TPSA) is 48.2 Å². The van der Waals surface area contributed by atoms with E-state index in [0.29, 0.717) is 12.5 Å². The quantitative estimate of drug-likeness (QED) is 0.723. The molecule has 2 aromatic carbocycles. The van der Waals surface area contributed by atoms with Crippen molar-refractivity contribution < 1.29 is 9.15 Å². The van der Waals surface area contributed by atoms with Crippen LogP contribution in [0, 0.1) is 6.92 Å². The molecule has 20 heavy (non-hydrogen) atoms. The molecule has 1 aromatic heterocycles. The first kappa shape index (κ1) is 12.4. The lowest BCUT2D eigenvalue weighted by Gasteiger charge is -2.09. The Morgan fingerprint density at radius 1 is 1.10 bits per heavy atom. The average Bonchev–Trinajstić information content (AvgIpc) is 3.01. The maximum Gasteiger partial charge on any atom is 0.247 e. The molecule has 0 aliphatic heterocycles. The maximum absolute atomic E-state index is 5.82. The maximum atomic E-state index is 5.82. The molecular weight excluding hydrogens is 252 g/mol. The van der Waals surface area contributed by atoms with Crippen molar-refractivity contribution >= 4 is 0 Å². The lowest BCUT2D eigenvalue weighted by molar-refractivity contribution is 0.305. The van der Waals surface area contributed by atoms with Gasteiger partial charge in [-0.3, -0.25) is 0 Å². The number of ether oxygens (including phenoxy) is 1. The van der Waals surface area contributed by atoms with Gasteiger partial charge in [0.05, 0.1) is 0 Å². The van der Waals surface area contributed by atoms with Gasteiger partial charge in [-0.15, -0.1) is 10.2 Å². The first-order valence-corrected chi connectivity index (χ1v) is 6.37. The van der Waals surface area contributed by atoms with E-state index in [4.69, 9.17) is 9.15 Å². The van der Waals surface area contributed by atoms with Gasteiger partial charge in [-0.25, -0.2) is 0 Å². The third kappa shape index (κ3) is 2.69. The van der Waals surface area contributed by atoms with Gasteiger partial charge >= 0.3 is 0 Å². The summed E-state index contributed by atoms with van der Waals surface area (Å²) in [7, 11) is 0. The summed E-state index contributed by atoms with van der Waals surface area (Å²) in [5.41, 5.74) is 3.25. The van der Waals surface area contributed by atoms with Gasteiger partial charge in [0.15, 0.2) is 0 Å². The van der Waals surface area contributed by atoms with Crippen LogP contribution >= 0.6 is 0 Å². The van der Waals surface area contributed by atoms with Crippen molar-refractivity contribution in [2.75, 3.05) is 0 Å². The second kappa shape index (κ2) is 5.57. The minimum absolute atomic E-state index is 0.492. The molecule has 0 atom stereocenters. The highest BCUT2D eigenvalue weighted by molar-refractivity contribution is 5.55. The molecule has 4 heteroatoms. The smallest absolute Gasteiger partial charge is 0.247 e. The van der Waals surface area contributed by atoms with Crippen LogP contribution in [-0.2, 0) is 6.61 Å². The van der Waals surface area contributed by atoms with E-state index in [1.54, 1.807) is 0 Å². The number of hydrogen-bond donors (Lipinski definition) is 0. The summed E-state index contributed by atoms with van der Waals surface area (Å²) < 4.78 is 11.0. The van der Waals surface area contributed by atoms with Crippen LogP contribution < -0.4 is 4.74 Å². The molecule has 0 N–H and O–H groups in total. The second-order valence-corrected chi connectivity index (χ2v) is 4.49. The molecule has 0 aliphatic carbocycles. The molecule has 0 unspecified atom stereocenters. The van der Waals surface area contributed by atoms with Crippen molar-refractivity contribution in [3.63, 3.8) is 0 Å². The van der Waals surface area contributed by atoms with Crippen LogP contribution in [0.1, 0.15) is 11.1 Å². The second-order valence-electron chi connectivity index (χ2n) is 4.49. The number of aryl methyl sites for hydroxylation is 1. The zero-order valence-electron chi connectivity index (χ0n) is 11.1. The van der Waals surface area contributed by atoms with Gasteiger partial charge in [-0.05, 0) is 36.2 Å². The fourth-order valence-corrected chi connectivity index (χ4v) is 1.95. The van der Waals surface area contributed by atoms with Gasteiger partial charge < -0.3 is 9.15 Å². The first-order chi connectivity index (χ1) is 9.83. The largest absolute Gasteiger partial charge is 0.489 e. The number of aromatic nitrogens is 2. The van der Waals surface area contributed by atoms with Gasteiger partial charge in [0, 0.05) is 5.56 Å². The Labute approximate surface area is 117 Å². The first-order valence-electron chi connectivity index (χ1n) is 6.37. The van der Waals surface area contributed by atoms with Crippen molar-refractivity contribution in [2.45, 2.75) is 13.5 Å². The van der Waals surface area contributed by atoms with Crippen molar-refractivity contribution in [1.82, 2.24) is 10.2 Å². The van der Waals surface area contributed by atoms with Crippen LogP contribution in [0.15, 0.2) is 59.3 Å². The van der Waals surface area contributed by atoms with Gasteiger partial charge in [0.2, 0.25) is 12.3 Å². The number of hydrogen-bond acceptors (Lipinski definition) is 4. The average molecular weight is 266 g/mol. The fraction of sp³-hybridized carbons (Fsp3) is 0.125. The number of rotatable bonds is 4. The summed E-state index contributed by atoms with van der Waals surface area (Å²) in [5.74, 6) is 1.27. The van der Waals surface area contributed by atoms with Gasteiger partial charge in [-0.1, -0.05) is 30.3 Å². The van der Waals surface area contributed by atoms with E-state index in [9.17, 15) is 0 Å². The normalized spacial score (nSPS) is 10.4. The summed E-state index contributed by atoms with van der Waals surface area (Å²) in [4.78, 5) is 0. The Bertz CT molecular complexity index is 693. The lowest BCUT2D eigenvalue weighted by Crippen LogP contribution is -1.97. The standard InChI is InChI=1S/C16H14N2O2/c1-12-5-2-3-6-14(12)10-19-15-8-4-7-13(9-15)16-18-17-11-20-16/h2-9,11H,10H2,1H3. The van der Waals surface area contributed by atoms with Crippen molar-refractivity contribution in [2.24, 2.45) is 0 Å². The summed E-state index contributed by atoms with van der Waals surface area (Å²) in [5, 5.41) is 7.56. The molecule has 4 nitrogen and oxygen atoms in total. The van der Waals surface area contributed by atoms with E-state index in [1.165, 1.54) is 17.5 Å². The molecule has 0 aliphatic rings. The van der Waals surface area contributed by atoms with E-state index >= 15 is 0 Å². The van der Waals surface area contributed by atoms with E-state index in [1.807, 2.05) is 36.4 Å². The molecule has 1 heterocycles. The minimum atomic E-state index is 0.492. The molecule has 0 saturated heterocycles. The highest BCUT2D eigenvalue weighted by Crippen LogP contribution is 2.22. The van der Waals surface area contributed by atoms with Crippen molar-refractivity contribution in [3.8, 4) is 17.2 Å². The zero-order chi connectivity index (χ0) is 13.8. The molecule has 0 radical (unpaired) electrons. The van der Waals surface area contributed by atoms with Crippen LogP contribution in [0.3, 0.4) is 0 Å². The Hall–Kier alpha value is -2.62. The fourth-order valence-electron chi connectivity index (χ4n) is 1.95. The Balaban J connectivity index is 1.75. The molecule has 3 aromatic rings. The monoisotopic (exact) mass is 266 g/mol. The summed E-state index contributed by atoms with van der Waals surface area (Å²) >= 11 is 0. The molecular formula is C16H14N2O2. The SMILES string of the molecule is Cc1ccccc1COc1cccc(-c2nnco2)c1. The molecule has 0 amide bonds. The number of nitrogens with zero attached hydrogens (tertiary/aromatic N) is 2. The van der Waals surface area contributed by atoms with E-state index in [2.05, 4.69) is 29.3 Å². The predicted molar refractivity (Wildman–Crippen MR) is 75.2 cm³/mol. The van der Waals surface area contributed by atoms with Crippen LogP contribution in [0.2, 0.25) is 0 Å². The third-order valence-electron chi connectivity index (χ3n) is 3.10. The summed E-state index contributed by atoms with van der Waals surface area (Å²) in [6.45, 7) is 2.62. The highest BCUT2D eigenvalue weighted by Gasteiger charge is 2.05. The van der Waals surface area contributed by atoms with Crippen LogP contribution in [0.5, 0.6) is 5.75 Å². The zero-order valence-corrected chi connectivity index (χ0v) is 11.1. The number of benzene rings is 2. The lowest BCUT2D eigenvalue weighted by atomic mass is 10.1. The van der Waals surface area contributed by atoms with Crippen LogP contribution in [0.4, 0.5) is 0 Å². The highest BCUT2D eigenvalue weighted by atomic mass is 16.5. The van der Waals surface area contributed by atoms with Crippen molar-refractivity contribution in [3.05, 3.63) is 66.1 Å². The van der Waals surface area contributed by atoms with Gasteiger partial charge in [0.25, 0.3) is 0 Å². The van der Waals surface area contributed by atoms with E-state index in [0.717, 1.165) is 11.3 Å². The van der Waals surface area contributed by atoms with E-state index < -0.39 is 0 Å². The Morgan fingerprint density at radius 2 is 2.00 bits per heavy atom. The van der Waals surface area contributed by atoms with Crippen LogP contribution in [-0.4, -0.2) is 10.2 Å². The van der Waals surface area contributed by atoms with Gasteiger partial charge in [0.1, 0.15) is 12.4 Å². The predicted octanol–water partition coefficient (Wildman–Crippen LogP) is 3.62. The minimum Gasteiger partial charge on any atom is -0.489 e. The molecule has 0 spiro atoms. The molecule has 0 saturated carbocycles. The molecule has 0 fully saturated rings. The molecule has 0 bridgehead atoms. The summed E-state index contributed by atoms with van der Waals surface area (Å²) in [6.07, 6.45) is 1.32. The van der Waals surface area contributed by atoms with E-state index in [-0.39, 0.29) is 0 Å². The Morgan fingerprint density at radius 3 is 2.80 bits per heavy atom. The van der Waals surface area contributed by atoms with Crippen LogP contribution in [0.25, 0.3) is 11.5 Å². The molecule has 3 rings (SSSR count).